The average Bonchev–Trinajstić information content (AvgIpc) is 2.53. The van der Waals surface area contributed by atoms with E-state index >= 15 is 0 Å². The predicted molar refractivity (Wildman–Crippen MR) is 89.7 cm³/mol. The molecule has 2 aromatic rings. The van der Waals surface area contributed by atoms with E-state index in [0.717, 1.165) is 30.2 Å². The van der Waals surface area contributed by atoms with Gasteiger partial charge in [-0.1, -0.05) is 29.8 Å². The van der Waals surface area contributed by atoms with Crippen molar-refractivity contribution in [2.24, 2.45) is 0 Å². The molecular formula is C18H19ClFNO2. The van der Waals surface area contributed by atoms with Crippen LogP contribution in [0.5, 0.6) is 5.75 Å². The third-order valence-electron chi connectivity index (χ3n) is 3.36. The van der Waals surface area contributed by atoms with Gasteiger partial charge in [-0.3, -0.25) is 4.79 Å². The summed E-state index contributed by atoms with van der Waals surface area (Å²) in [5.41, 5.74) is 1.10. The first-order chi connectivity index (χ1) is 11.1. The van der Waals surface area contributed by atoms with Crippen molar-refractivity contribution in [1.29, 1.82) is 0 Å². The molecule has 0 heterocycles. The number of halogens is 2. The molecule has 0 spiro atoms. The normalized spacial score (nSPS) is 10.4. The number of rotatable bonds is 7. The molecule has 0 fully saturated rings. The summed E-state index contributed by atoms with van der Waals surface area (Å²) in [6.45, 7) is 3.02. The summed E-state index contributed by atoms with van der Waals surface area (Å²) in [6, 6.07) is 11.8. The lowest BCUT2D eigenvalue weighted by Gasteiger charge is -2.10. The van der Waals surface area contributed by atoms with E-state index < -0.39 is 11.7 Å². The fourth-order valence-electron chi connectivity index (χ4n) is 2.26. The molecule has 0 atom stereocenters. The number of hydrogen-bond donors (Lipinski definition) is 1. The summed E-state index contributed by atoms with van der Waals surface area (Å²) >= 11 is 5.67. The van der Waals surface area contributed by atoms with Gasteiger partial charge >= 0.3 is 0 Å². The van der Waals surface area contributed by atoms with Crippen molar-refractivity contribution in [2.45, 2.75) is 19.8 Å². The molecule has 2 aromatic carbocycles. The molecule has 122 valence electrons. The number of aryl methyl sites for hydroxylation is 1. The summed E-state index contributed by atoms with van der Waals surface area (Å²) in [5.74, 6) is -0.181. The topological polar surface area (TPSA) is 38.3 Å². The Labute approximate surface area is 140 Å². The Balaban J connectivity index is 1.84. The molecular weight excluding hydrogens is 317 g/mol. The molecule has 0 saturated carbocycles. The van der Waals surface area contributed by atoms with Crippen LogP contribution < -0.4 is 10.1 Å². The van der Waals surface area contributed by atoms with Crippen molar-refractivity contribution >= 4 is 17.5 Å². The molecule has 0 radical (unpaired) electrons. The van der Waals surface area contributed by atoms with Crippen LogP contribution in [0.2, 0.25) is 5.02 Å². The third kappa shape index (κ3) is 4.96. The molecule has 2 rings (SSSR count). The van der Waals surface area contributed by atoms with E-state index in [1.165, 1.54) is 12.1 Å². The van der Waals surface area contributed by atoms with Gasteiger partial charge in [-0.2, -0.15) is 0 Å². The zero-order valence-electron chi connectivity index (χ0n) is 12.9. The number of carbonyl (C=O) groups excluding carboxylic acids is 1. The van der Waals surface area contributed by atoms with Crippen molar-refractivity contribution < 1.29 is 13.9 Å². The molecule has 0 aromatic heterocycles. The van der Waals surface area contributed by atoms with Crippen LogP contribution >= 0.6 is 11.6 Å². The Morgan fingerprint density at radius 2 is 2.04 bits per heavy atom. The lowest BCUT2D eigenvalue weighted by atomic mass is 10.1. The van der Waals surface area contributed by atoms with Crippen molar-refractivity contribution in [3.8, 4) is 5.75 Å². The maximum atomic E-state index is 13.7. The van der Waals surface area contributed by atoms with Gasteiger partial charge in [-0.05, 0) is 49.6 Å². The lowest BCUT2D eigenvalue weighted by molar-refractivity contribution is 0.0949. The predicted octanol–water partition coefficient (Wildman–Crippen LogP) is 4.24. The molecule has 23 heavy (non-hydrogen) atoms. The smallest absolute Gasteiger partial charge is 0.254 e. The van der Waals surface area contributed by atoms with E-state index in [0.29, 0.717) is 13.2 Å². The van der Waals surface area contributed by atoms with E-state index in [1.807, 2.05) is 31.2 Å². The van der Waals surface area contributed by atoms with Crippen LogP contribution in [0.25, 0.3) is 0 Å². The lowest BCUT2D eigenvalue weighted by Crippen LogP contribution is -2.25. The van der Waals surface area contributed by atoms with E-state index in [1.54, 1.807) is 0 Å². The molecule has 1 amide bonds. The number of hydrogen-bond acceptors (Lipinski definition) is 2. The van der Waals surface area contributed by atoms with E-state index in [2.05, 4.69) is 5.32 Å². The van der Waals surface area contributed by atoms with E-state index in [9.17, 15) is 9.18 Å². The largest absolute Gasteiger partial charge is 0.494 e. The minimum absolute atomic E-state index is 0.00381. The minimum atomic E-state index is -0.614. The summed E-state index contributed by atoms with van der Waals surface area (Å²) in [7, 11) is 0. The van der Waals surface area contributed by atoms with Crippen LogP contribution in [0.15, 0.2) is 42.5 Å². The standard InChI is InChI=1S/C18H19ClFNO2/c1-2-23-17-8-4-3-6-13(17)7-5-11-21-18(22)15-10-9-14(19)12-16(15)20/h3-4,6,8-10,12H,2,5,7,11H2,1H3,(H,21,22). The van der Waals surface area contributed by atoms with Crippen molar-refractivity contribution in [1.82, 2.24) is 5.32 Å². The number of carbonyl (C=O) groups is 1. The molecule has 0 unspecified atom stereocenters. The molecule has 0 aliphatic heterocycles. The summed E-state index contributed by atoms with van der Waals surface area (Å²) in [4.78, 5) is 11.9. The second-order valence-electron chi connectivity index (χ2n) is 5.02. The quantitative estimate of drug-likeness (QED) is 0.768. The molecule has 0 aliphatic carbocycles. The number of nitrogens with one attached hydrogen (secondary N) is 1. The maximum absolute atomic E-state index is 13.7. The number of ether oxygens (including phenoxy) is 1. The highest BCUT2D eigenvalue weighted by molar-refractivity contribution is 6.30. The SMILES string of the molecule is CCOc1ccccc1CCCNC(=O)c1ccc(Cl)cc1F. The highest BCUT2D eigenvalue weighted by Gasteiger charge is 2.11. The van der Waals surface area contributed by atoms with Gasteiger partial charge in [0.1, 0.15) is 11.6 Å². The molecule has 5 heteroatoms. The van der Waals surface area contributed by atoms with Crippen LogP contribution in [-0.2, 0) is 6.42 Å². The van der Waals surface area contributed by atoms with Gasteiger partial charge in [0, 0.05) is 11.6 Å². The van der Waals surface area contributed by atoms with Crippen LogP contribution in [0, 0.1) is 5.82 Å². The van der Waals surface area contributed by atoms with Crippen LogP contribution in [0.1, 0.15) is 29.3 Å². The highest BCUT2D eigenvalue weighted by atomic mass is 35.5. The minimum Gasteiger partial charge on any atom is -0.494 e. The number of para-hydroxylation sites is 1. The molecule has 0 aliphatic rings. The first-order valence-corrected chi connectivity index (χ1v) is 7.93. The van der Waals surface area contributed by atoms with E-state index in [-0.39, 0.29) is 10.6 Å². The summed E-state index contributed by atoms with van der Waals surface area (Å²) in [5, 5.41) is 2.99. The second-order valence-corrected chi connectivity index (χ2v) is 5.46. The Kier molecular flexibility index (Phi) is 6.41. The zero-order chi connectivity index (χ0) is 16.7. The number of amides is 1. The second kappa shape index (κ2) is 8.53. The van der Waals surface area contributed by atoms with Crippen LogP contribution in [-0.4, -0.2) is 19.1 Å². The van der Waals surface area contributed by atoms with Crippen LogP contribution in [0.3, 0.4) is 0 Å². The highest BCUT2D eigenvalue weighted by Crippen LogP contribution is 2.19. The fraction of sp³-hybridized carbons (Fsp3) is 0.278. The zero-order valence-corrected chi connectivity index (χ0v) is 13.7. The van der Waals surface area contributed by atoms with Gasteiger partial charge in [0.05, 0.1) is 12.2 Å². The van der Waals surface area contributed by atoms with Crippen LogP contribution in [0.4, 0.5) is 4.39 Å². The molecule has 0 bridgehead atoms. The first-order valence-electron chi connectivity index (χ1n) is 7.55. The monoisotopic (exact) mass is 335 g/mol. The van der Waals surface area contributed by atoms with Gasteiger partial charge in [-0.15, -0.1) is 0 Å². The summed E-state index contributed by atoms with van der Waals surface area (Å²) < 4.78 is 19.2. The Morgan fingerprint density at radius 3 is 2.78 bits per heavy atom. The van der Waals surface area contributed by atoms with Gasteiger partial charge in [0.25, 0.3) is 5.91 Å². The third-order valence-corrected chi connectivity index (χ3v) is 3.59. The molecule has 0 saturated heterocycles. The van der Waals surface area contributed by atoms with Gasteiger partial charge in [0.15, 0.2) is 0 Å². The fourth-order valence-corrected chi connectivity index (χ4v) is 2.42. The van der Waals surface area contributed by atoms with Gasteiger partial charge in [-0.25, -0.2) is 4.39 Å². The van der Waals surface area contributed by atoms with Crippen molar-refractivity contribution in [2.75, 3.05) is 13.2 Å². The molecule has 1 N–H and O–H groups in total. The van der Waals surface area contributed by atoms with Gasteiger partial charge < -0.3 is 10.1 Å². The first kappa shape index (κ1) is 17.3. The van der Waals surface area contributed by atoms with Crippen molar-refractivity contribution in [3.63, 3.8) is 0 Å². The number of benzene rings is 2. The molecule has 3 nitrogen and oxygen atoms in total. The Hall–Kier alpha value is -2.07. The maximum Gasteiger partial charge on any atom is 0.254 e. The summed E-state index contributed by atoms with van der Waals surface area (Å²) in [6.07, 6.45) is 1.52. The van der Waals surface area contributed by atoms with Crippen molar-refractivity contribution in [3.05, 3.63) is 64.4 Å². The van der Waals surface area contributed by atoms with E-state index in [4.69, 9.17) is 16.3 Å². The Morgan fingerprint density at radius 1 is 1.26 bits per heavy atom. The average molecular weight is 336 g/mol. The Bertz CT molecular complexity index is 676. The van der Waals surface area contributed by atoms with Gasteiger partial charge in [0.2, 0.25) is 0 Å².